The van der Waals surface area contributed by atoms with Gasteiger partial charge in [0.15, 0.2) is 5.96 Å². The minimum absolute atomic E-state index is 0. The van der Waals surface area contributed by atoms with Crippen LogP contribution in [0.4, 0.5) is 5.82 Å². The van der Waals surface area contributed by atoms with Crippen LogP contribution in [0.3, 0.4) is 0 Å². The van der Waals surface area contributed by atoms with E-state index in [1.54, 1.807) is 6.33 Å². The number of ether oxygens (including phenoxy) is 1. The fourth-order valence-electron chi connectivity index (χ4n) is 1.79. The number of hydrogen-bond acceptors (Lipinski definition) is 7. The summed E-state index contributed by atoms with van der Waals surface area (Å²) in [7, 11) is 0. The summed E-state index contributed by atoms with van der Waals surface area (Å²) >= 11 is 0. The van der Waals surface area contributed by atoms with Gasteiger partial charge in [-0.3, -0.25) is 4.79 Å². The molecule has 0 fully saturated rings. The molecule has 0 saturated heterocycles. The van der Waals surface area contributed by atoms with Crippen molar-refractivity contribution in [1.29, 1.82) is 0 Å². The van der Waals surface area contributed by atoms with Gasteiger partial charge in [0.25, 0.3) is 0 Å². The molecule has 5 N–H and O–H groups in total. The minimum Gasteiger partial charge on any atom is -0.463 e. The van der Waals surface area contributed by atoms with Crippen LogP contribution in [0, 0.1) is 5.92 Å². The van der Waals surface area contributed by atoms with Crippen LogP contribution in [0.2, 0.25) is 0 Å². The van der Waals surface area contributed by atoms with Crippen molar-refractivity contribution in [1.82, 2.24) is 9.55 Å². The number of nitrogens with two attached hydrogens (primary N) is 2. The molecule has 0 bridgehead atoms. The van der Waals surface area contributed by atoms with E-state index in [9.17, 15) is 4.79 Å². The molecule has 1 atom stereocenters. The van der Waals surface area contributed by atoms with Crippen molar-refractivity contribution in [3.05, 3.63) is 12.0 Å². The van der Waals surface area contributed by atoms with Crippen LogP contribution in [0.15, 0.2) is 11.3 Å². The predicted octanol–water partition coefficient (Wildman–Crippen LogP) is 0.0716. The molecule has 118 valence electrons. The number of imidazole rings is 1. The molecule has 9 heteroatoms. The maximum atomic E-state index is 11.6. The van der Waals surface area contributed by atoms with Gasteiger partial charge in [-0.1, -0.05) is 13.8 Å². The first-order valence-electron chi connectivity index (χ1n) is 6.52. The molecule has 1 aromatic heterocycles. The number of esters is 1. The fraction of sp³-hybridized carbons (Fsp3) is 0.583. The quantitative estimate of drug-likeness (QED) is 0.661. The topological polar surface area (TPSA) is 121 Å². The van der Waals surface area contributed by atoms with Gasteiger partial charge in [0.1, 0.15) is 24.2 Å². The summed E-state index contributed by atoms with van der Waals surface area (Å²) in [5.41, 5.74) is 12.2. The van der Waals surface area contributed by atoms with Crippen LogP contribution in [0.5, 0.6) is 0 Å². The molecule has 0 aliphatic carbocycles. The van der Waals surface area contributed by atoms with Crippen LogP contribution >= 0.6 is 12.4 Å². The van der Waals surface area contributed by atoms with Crippen molar-refractivity contribution in [2.75, 3.05) is 11.9 Å². The van der Waals surface area contributed by atoms with Crippen molar-refractivity contribution in [3.8, 4) is 0 Å². The molecule has 0 radical (unpaired) electrons. The normalized spacial score (nSPS) is 14.6. The molecular weight excluding hydrogens is 296 g/mol. The lowest BCUT2D eigenvalue weighted by molar-refractivity contribution is -0.146. The van der Waals surface area contributed by atoms with Crippen LogP contribution in [-0.2, 0) is 22.6 Å². The molecule has 1 aromatic rings. The maximum absolute atomic E-state index is 11.6. The highest BCUT2D eigenvalue weighted by Gasteiger charge is 2.19. The zero-order chi connectivity index (χ0) is 14.7. The lowest BCUT2D eigenvalue weighted by Crippen LogP contribution is -2.37. The highest BCUT2D eigenvalue weighted by molar-refractivity contribution is 5.93. The highest BCUT2D eigenvalue weighted by atomic mass is 35.5. The molecule has 21 heavy (non-hydrogen) atoms. The Morgan fingerprint density at radius 3 is 2.95 bits per heavy atom. The standard InChI is InChI=1S/C12H20N6O2.ClH/c1-7(2)9(13)11(19)20-4-3-18-6-16-8-5-15-12(14)17-10(8)18;/h6-7,9H,3-5,13H2,1-2H3,(H3,14,15,17);1H/t9-;/m0./s1. The Bertz CT molecular complexity index is 528. The van der Waals surface area contributed by atoms with Crippen LogP contribution < -0.4 is 16.8 Å². The van der Waals surface area contributed by atoms with Crippen molar-refractivity contribution in [2.45, 2.75) is 33.0 Å². The molecule has 0 unspecified atom stereocenters. The molecule has 2 heterocycles. The van der Waals surface area contributed by atoms with Gasteiger partial charge < -0.3 is 26.1 Å². The lowest BCUT2D eigenvalue weighted by atomic mass is 10.1. The Labute approximate surface area is 129 Å². The second-order valence-electron chi connectivity index (χ2n) is 5.00. The SMILES string of the molecule is CC(C)[C@H](N)C(=O)OCCn1cnc2c1NC(N)=NC2.Cl. The minimum atomic E-state index is -0.590. The van der Waals surface area contributed by atoms with Gasteiger partial charge in [-0.05, 0) is 5.92 Å². The molecule has 8 nitrogen and oxygen atoms in total. The second kappa shape index (κ2) is 7.28. The predicted molar refractivity (Wildman–Crippen MR) is 82.2 cm³/mol. The first kappa shape index (κ1) is 17.3. The molecule has 1 aliphatic heterocycles. The number of rotatable bonds is 5. The number of carbonyl (C=O) groups is 1. The van der Waals surface area contributed by atoms with Gasteiger partial charge in [0.05, 0.1) is 19.4 Å². The van der Waals surface area contributed by atoms with Crippen molar-refractivity contribution in [2.24, 2.45) is 22.4 Å². The number of guanidine groups is 1. The third kappa shape index (κ3) is 4.08. The third-order valence-electron chi connectivity index (χ3n) is 3.13. The molecule has 0 aromatic carbocycles. The molecular formula is C12H21ClN6O2. The van der Waals surface area contributed by atoms with Gasteiger partial charge in [-0.15, -0.1) is 12.4 Å². The van der Waals surface area contributed by atoms with Gasteiger partial charge in [-0.2, -0.15) is 0 Å². The maximum Gasteiger partial charge on any atom is 0.323 e. The van der Waals surface area contributed by atoms with E-state index >= 15 is 0 Å². The summed E-state index contributed by atoms with van der Waals surface area (Å²) in [5, 5.41) is 2.95. The smallest absolute Gasteiger partial charge is 0.323 e. The molecule has 1 aliphatic rings. The number of anilines is 1. The van der Waals surface area contributed by atoms with Crippen molar-refractivity contribution >= 4 is 30.2 Å². The summed E-state index contributed by atoms with van der Waals surface area (Å²) in [6.07, 6.45) is 1.67. The van der Waals surface area contributed by atoms with E-state index in [-0.39, 0.29) is 30.9 Å². The number of aliphatic imine (C=N–C) groups is 1. The van der Waals surface area contributed by atoms with E-state index in [0.29, 0.717) is 19.0 Å². The Balaban J connectivity index is 0.00000220. The first-order chi connectivity index (χ1) is 9.49. The zero-order valence-corrected chi connectivity index (χ0v) is 12.9. The molecule has 2 rings (SSSR count). The second-order valence-corrected chi connectivity index (χ2v) is 5.00. The Morgan fingerprint density at radius 1 is 1.57 bits per heavy atom. The first-order valence-corrected chi connectivity index (χ1v) is 6.52. The van der Waals surface area contributed by atoms with Gasteiger partial charge in [-0.25, -0.2) is 9.98 Å². The number of nitrogens with one attached hydrogen (secondary N) is 1. The summed E-state index contributed by atoms with van der Waals surface area (Å²) in [6.45, 7) is 4.94. The van der Waals surface area contributed by atoms with Crippen LogP contribution in [0.25, 0.3) is 0 Å². The van der Waals surface area contributed by atoms with E-state index in [2.05, 4.69) is 15.3 Å². The van der Waals surface area contributed by atoms with E-state index < -0.39 is 6.04 Å². The lowest BCUT2D eigenvalue weighted by Gasteiger charge is -2.16. The fourth-order valence-corrected chi connectivity index (χ4v) is 1.79. The summed E-state index contributed by atoms with van der Waals surface area (Å²) in [6, 6.07) is -0.590. The van der Waals surface area contributed by atoms with Crippen molar-refractivity contribution in [3.63, 3.8) is 0 Å². The Morgan fingerprint density at radius 2 is 2.29 bits per heavy atom. The molecule has 0 amide bonds. The van der Waals surface area contributed by atoms with E-state index in [1.807, 2.05) is 18.4 Å². The third-order valence-corrected chi connectivity index (χ3v) is 3.13. The number of nitrogens with zero attached hydrogens (tertiary/aromatic N) is 3. The van der Waals surface area contributed by atoms with Gasteiger partial charge in [0.2, 0.25) is 0 Å². The van der Waals surface area contributed by atoms with Crippen LogP contribution in [-0.4, -0.2) is 34.1 Å². The van der Waals surface area contributed by atoms with E-state index in [1.165, 1.54) is 0 Å². The van der Waals surface area contributed by atoms with E-state index in [4.69, 9.17) is 16.2 Å². The van der Waals surface area contributed by atoms with Gasteiger partial charge >= 0.3 is 5.97 Å². The number of fused-ring (bicyclic) bond motifs is 1. The van der Waals surface area contributed by atoms with E-state index in [0.717, 1.165) is 11.5 Å². The summed E-state index contributed by atoms with van der Waals surface area (Å²) in [5.74, 6) is 0.823. The monoisotopic (exact) mass is 316 g/mol. The Hall–Kier alpha value is -1.80. The van der Waals surface area contributed by atoms with Crippen LogP contribution in [0.1, 0.15) is 19.5 Å². The molecule has 0 saturated carbocycles. The number of carbonyl (C=O) groups excluding carboxylic acids is 1. The number of halogens is 1. The summed E-state index contributed by atoms with van der Waals surface area (Å²) in [4.78, 5) is 19.9. The largest absolute Gasteiger partial charge is 0.463 e. The van der Waals surface area contributed by atoms with Gasteiger partial charge in [0, 0.05) is 0 Å². The Kier molecular flexibility index (Phi) is 5.98. The highest BCUT2D eigenvalue weighted by Crippen LogP contribution is 2.18. The average molecular weight is 317 g/mol. The molecule has 0 spiro atoms. The average Bonchev–Trinajstić information content (AvgIpc) is 2.80. The van der Waals surface area contributed by atoms with Crippen molar-refractivity contribution < 1.29 is 9.53 Å². The summed E-state index contributed by atoms with van der Waals surface area (Å²) < 4.78 is 6.99. The zero-order valence-electron chi connectivity index (χ0n) is 12.1. The number of hydrogen-bond donors (Lipinski definition) is 3. The number of aromatic nitrogens is 2.